The van der Waals surface area contributed by atoms with Crippen molar-refractivity contribution in [2.45, 2.75) is 33.1 Å². The maximum atomic E-state index is 11.9. The summed E-state index contributed by atoms with van der Waals surface area (Å²) < 4.78 is 5.15. The molecule has 1 rings (SSSR count). The van der Waals surface area contributed by atoms with Crippen molar-refractivity contribution in [3.05, 3.63) is 28.8 Å². The number of nitrogens with zero attached hydrogens (tertiary/aromatic N) is 1. The van der Waals surface area contributed by atoms with Crippen LogP contribution in [0.1, 0.15) is 43.5 Å². The third kappa shape index (κ3) is 4.75. The van der Waals surface area contributed by atoms with Crippen LogP contribution in [-0.4, -0.2) is 12.6 Å². The van der Waals surface area contributed by atoms with Gasteiger partial charge in [0.05, 0.1) is 23.1 Å². The van der Waals surface area contributed by atoms with Gasteiger partial charge in [0.15, 0.2) is 0 Å². The summed E-state index contributed by atoms with van der Waals surface area (Å²) in [5, 5.41) is 9.18. The molecule has 0 atom stereocenters. The highest BCUT2D eigenvalue weighted by Gasteiger charge is 2.17. The maximum absolute atomic E-state index is 11.9. The van der Waals surface area contributed by atoms with Gasteiger partial charge in [0.2, 0.25) is 0 Å². The van der Waals surface area contributed by atoms with Crippen LogP contribution in [0.25, 0.3) is 0 Å². The topological polar surface area (TPSA) is 76.1 Å². The zero-order valence-electron chi connectivity index (χ0n) is 11.8. The number of rotatable bonds is 6. The molecule has 0 aromatic heterocycles. The van der Waals surface area contributed by atoms with E-state index in [1.807, 2.05) is 13.8 Å². The third-order valence-corrected chi connectivity index (χ3v) is 3.30. The highest BCUT2D eigenvalue weighted by atomic mass is 35.5. The Labute approximate surface area is 124 Å². The van der Waals surface area contributed by atoms with Crippen LogP contribution in [0, 0.1) is 16.7 Å². The lowest BCUT2D eigenvalue weighted by Crippen LogP contribution is -2.11. The Hall–Kier alpha value is -1.73. The van der Waals surface area contributed by atoms with E-state index in [-0.39, 0.29) is 11.0 Å². The van der Waals surface area contributed by atoms with Crippen molar-refractivity contribution in [2.24, 2.45) is 5.41 Å². The molecule has 2 N–H and O–H groups in total. The van der Waals surface area contributed by atoms with Crippen LogP contribution in [0.3, 0.4) is 0 Å². The van der Waals surface area contributed by atoms with Gasteiger partial charge < -0.3 is 10.5 Å². The van der Waals surface area contributed by atoms with Crippen LogP contribution in [0.5, 0.6) is 0 Å². The van der Waals surface area contributed by atoms with Gasteiger partial charge in [-0.15, -0.1) is 0 Å². The number of carbonyl (C=O) groups is 1. The van der Waals surface area contributed by atoms with Crippen molar-refractivity contribution in [1.29, 1.82) is 5.26 Å². The number of unbranched alkanes of at least 4 members (excludes halogenated alkanes) is 1. The summed E-state index contributed by atoms with van der Waals surface area (Å²) in [6.45, 7) is 4.08. The minimum atomic E-state index is -0.507. The molecule has 0 radical (unpaired) electrons. The molecule has 0 bridgehead atoms. The van der Waals surface area contributed by atoms with E-state index in [2.05, 4.69) is 6.07 Å². The lowest BCUT2D eigenvalue weighted by atomic mass is 9.89. The Morgan fingerprint density at radius 3 is 2.75 bits per heavy atom. The normalized spacial score (nSPS) is 10.9. The van der Waals surface area contributed by atoms with Crippen LogP contribution in [0.15, 0.2) is 18.2 Å². The number of hydrogen-bond donors (Lipinski definition) is 1. The number of nitriles is 1. The van der Waals surface area contributed by atoms with Crippen molar-refractivity contribution in [3.63, 3.8) is 0 Å². The number of anilines is 1. The maximum Gasteiger partial charge on any atom is 0.341 e. The number of hydrogen-bond acceptors (Lipinski definition) is 4. The first-order chi connectivity index (χ1) is 9.37. The number of carbonyl (C=O) groups excluding carboxylic acids is 1. The Balaban J connectivity index is 2.40. The summed E-state index contributed by atoms with van der Waals surface area (Å²) in [4.78, 5) is 11.9. The third-order valence-electron chi connectivity index (χ3n) is 2.98. The summed E-state index contributed by atoms with van der Waals surface area (Å²) >= 11 is 5.93. The van der Waals surface area contributed by atoms with Crippen LogP contribution < -0.4 is 5.73 Å². The van der Waals surface area contributed by atoms with E-state index in [0.717, 1.165) is 12.8 Å². The molecule has 0 saturated heterocycles. The summed E-state index contributed by atoms with van der Waals surface area (Å²) in [5.74, 6) is -0.507. The Bertz CT molecular complexity index is 501. The quantitative estimate of drug-likeness (QED) is 0.492. The second kappa shape index (κ2) is 7.16. The average molecular weight is 295 g/mol. The van der Waals surface area contributed by atoms with E-state index in [4.69, 9.17) is 27.3 Å². The molecule has 0 heterocycles. The summed E-state index contributed by atoms with van der Waals surface area (Å²) in [7, 11) is 0. The average Bonchev–Trinajstić information content (AvgIpc) is 2.38. The number of nitrogens with two attached hydrogens (primary N) is 1. The van der Waals surface area contributed by atoms with Gasteiger partial charge in [-0.05, 0) is 45.2 Å². The van der Waals surface area contributed by atoms with Gasteiger partial charge in [0.25, 0.3) is 0 Å². The number of esters is 1. The molecule has 0 fully saturated rings. The lowest BCUT2D eigenvalue weighted by molar-refractivity contribution is 0.0497. The smallest absolute Gasteiger partial charge is 0.341 e. The number of halogens is 1. The molecule has 20 heavy (non-hydrogen) atoms. The Morgan fingerprint density at radius 2 is 2.15 bits per heavy atom. The molecule has 4 nitrogen and oxygen atoms in total. The fourth-order valence-corrected chi connectivity index (χ4v) is 1.98. The SMILES string of the molecule is CC(C)(C#N)CCCCOC(=O)c1c(N)cccc1Cl. The van der Waals surface area contributed by atoms with Crippen molar-refractivity contribution in [3.8, 4) is 6.07 Å². The minimum absolute atomic E-state index is 0.214. The number of ether oxygens (including phenoxy) is 1. The van der Waals surface area contributed by atoms with E-state index in [1.165, 1.54) is 0 Å². The molecule has 0 aliphatic carbocycles. The molecule has 0 aliphatic rings. The highest BCUT2D eigenvalue weighted by Crippen LogP contribution is 2.24. The molecular weight excluding hydrogens is 276 g/mol. The van der Waals surface area contributed by atoms with Gasteiger partial charge >= 0.3 is 5.97 Å². The van der Waals surface area contributed by atoms with Gasteiger partial charge in [-0.2, -0.15) is 5.26 Å². The minimum Gasteiger partial charge on any atom is -0.462 e. The fourth-order valence-electron chi connectivity index (χ4n) is 1.72. The van der Waals surface area contributed by atoms with Crippen molar-refractivity contribution in [2.75, 3.05) is 12.3 Å². The molecule has 1 aromatic carbocycles. The fraction of sp³-hybridized carbons (Fsp3) is 0.467. The molecule has 108 valence electrons. The van der Waals surface area contributed by atoms with Crippen molar-refractivity contribution in [1.82, 2.24) is 0 Å². The first kappa shape index (κ1) is 16.3. The van der Waals surface area contributed by atoms with Crippen LogP contribution in [0.2, 0.25) is 5.02 Å². The van der Waals surface area contributed by atoms with Gasteiger partial charge in [0.1, 0.15) is 5.56 Å². The largest absolute Gasteiger partial charge is 0.462 e. The Kier molecular flexibility index (Phi) is 5.84. The summed E-state index contributed by atoms with van der Waals surface area (Å²) in [5.41, 5.74) is 5.90. The zero-order chi connectivity index (χ0) is 15.2. The molecule has 0 aliphatic heterocycles. The number of benzene rings is 1. The van der Waals surface area contributed by atoms with E-state index < -0.39 is 5.97 Å². The Morgan fingerprint density at radius 1 is 1.45 bits per heavy atom. The van der Waals surface area contributed by atoms with E-state index in [9.17, 15) is 4.79 Å². The first-order valence-electron chi connectivity index (χ1n) is 6.50. The molecule has 0 unspecified atom stereocenters. The standard InChI is InChI=1S/C15H19ClN2O2/c1-15(2,10-17)8-3-4-9-20-14(19)13-11(16)6-5-7-12(13)18/h5-7H,3-4,8-9,18H2,1-2H3. The molecule has 0 amide bonds. The predicted molar refractivity (Wildman–Crippen MR) is 79.4 cm³/mol. The van der Waals surface area contributed by atoms with Gasteiger partial charge in [0, 0.05) is 5.69 Å². The number of nitrogen functional groups attached to an aromatic ring is 1. The second-order valence-corrected chi connectivity index (χ2v) is 5.70. The molecular formula is C15H19ClN2O2. The monoisotopic (exact) mass is 294 g/mol. The van der Waals surface area contributed by atoms with E-state index in [1.54, 1.807) is 18.2 Å². The van der Waals surface area contributed by atoms with E-state index >= 15 is 0 Å². The van der Waals surface area contributed by atoms with Crippen molar-refractivity contribution >= 4 is 23.3 Å². The highest BCUT2D eigenvalue weighted by molar-refractivity contribution is 6.34. The van der Waals surface area contributed by atoms with Crippen LogP contribution in [0.4, 0.5) is 5.69 Å². The lowest BCUT2D eigenvalue weighted by Gasteiger charge is -2.14. The van der Waals surface area contributed by atoms with Crippen LogP contribution >= 0.6 is 11.6 Å². The molecule has 0 spiro atoms. The van der Waals surface area contributed by atoms with E-state index in [0.29, 0.717) is 23.7 Å². The first-order valence-corrected chi connectivity index (χ1v) is 6.87. The van der Waals surface area contributed by atoms with Gasteiger partial charge in [-0.3, -0.25) is 0 Å². The molecule has 5 heteroatoms. The second-order valence-electron chi connectivity index (χ2n) is 5.29. The molecule has 0 saturated carbocycles. The predicted octanol–water partition coefficient (Wildman–Crippen LogP) is 3.80. The summed E-state index contributed by atoms with van der Waals surface area (Å²) in [6, 6.07) is 7.13. The molecule has 1 aromatic rings. The van der Waals surface area contributed by atoms with Crippen LogP contribution in [-0.2, 0) is 4.74 Å². The van der Waals surface area contributed by atoms with Crippen molar-refractivity contribution < 1.29 is 9.53 Å². The zero-order valence-corrected chi connectivity index (χ0v) is 12.5. The van der Waals surface area contributed by atoms with Gasteiger partial charge in [-0.1, -0.05) is 17.7 Å². The van der Waals surface area contributed by atoms with Gasteiger partial charge in [-0.25, -0.2) is 4.79 Å². The summed E-state index contributed by atoms with van der Waals surface area (Å²) in [6.07, 6.45) is 2.31.